The van der Waals surface area contributed by atoms with E-state index >= 15 is 0 Å². The average molecular weight is 201 g/mol. The Hall–Kier alpha value is -1.19. The van der Waals surface area contributed by atoms with E-state index in [9.17, 15) is 13.2 Å². The van der Waals surface area contributed by atoms with Gasteiger partial charge < -0.3 is 4.74 Å². The van der Waals surface area contributed by atoms with Crippen LogP contribution in [0.15, 0.2) is 18.2 Å². The molecule has 1 aliphatic rings. The summed E-state index contributed by atoms with van der Waals surface area (Å²) in [4.78, 5) is 0. The summed E-state index contributed by atoms with van der Waals surface area (Å²) in [6, 6.07) is 4.06. The van der Waals surface area contributed by atoms with Gasteiger partial charge in [-0.1, -0.05) is 12.1 Å². The van der Waals surface area contributed by atoms with Crippen molar-refractivity contribution in [3.63, 3.8) is 0 Å². The van der Waals surface area contributed by atoms with Crippen LogP contribution in [0.3, 0.4) is 0 Å². The van der Waals surface area contributed by atoms with Gasteiger partial charge in [0, 0.05) is 0 Å². The molecular formula is C10H8F3O. The number of alkyl halides is 3. The zero-order chi connectivity index (χ0) is 10.2. The number of hydrogen-bond acceptors (Lipinski definition) is 1. The second-order valence-corrected chi connectivity index (χ2v) is 3.06. The first-order valence-corrected chi connectivity index (χ1v) is 4.25. The molecule has 1 aliphatic heterocycles. The average Bonchev–Trinajstić information content (AvgIpc) is 2.15. The predicted octanol–water partition coefficient (Wildman–Crippen LogP) is 3.04. The highest BCUT2D eigenvalue weighted by Crippen LogP contribution is 2.40. The molecular weight excluding hydrogens is 193 g/mol. The summed E-state index contributed by atoms with van der Waals surface area (Å²) in [5.41, 5.74) is -0.156. The maximum Gasteiger partial charge on any atom is 0.419 e. The van der Waals surface area contributed by atoms with Gasteiger partial charge in [0.25, 0.3) is 0 Å². The first kappa shape index (κ1) is 9.37. The van der Waals surface area contributed by atoms with Crippen LogP contribution in [0, 0.1) is 6.42 Å². The molecule has 1 nitrogen and oxygen atoms in total. The molecule has 0 saturated carbocycles. The van der Waals surface area contributed by atoms with Crippen LogP contribution in [0.4, 0.5) is 13.2 Å². The van der Waals surface area contributed by atoms with Gasteiger partial charge in [0.05, 0.1) is 12.2 Å². The number of benzene rings is 1. The molecule has 1 heterocycles. The standard InChI is InChI=1S/C10H8F3O/c11-10(12,13)8-5-1-3-7-4-2-6-14-9(7)8/h1,3-5H,2,6H2. The fourth-order valence-electron chi connectivity index (χ4n) is 1.48. The van der Waals surface area contributed by atoms with Crippen LogP contribution in [-0.4, -0.2) is 6.61 Å². The molecule has 0 amide bonds. The first-order valence-electron chi connectivity index (χ1n) is 4.25. The topological polar surface area (TPSA) is 9.23 Å². The molecule has 0 bridgehead atoms. The highest BCUT2D eigenvalue weighted by Gasteiger charge is 2.35. The van der Waals surface area contributed by atoms with Crippen molar-refractivity contribution in [3.05, 3.63) is 35.7 Å². The van der Waals surface area contributed by atoms with E-state index in [0.29, 0.717) is 18.6 Å². The van der Waals surface area contributed by atoms with Crippen LogP contribution in [0.2, 0.25) is 0 Å². The van der Waals surface area contributed by atoms with Gasteiger partial charge in [0.15, 0.2) is 0 Å². The van der Waals surface area contributed by atoms with Gasteiger partial charge in [0.1, 0.15) is 5.75 Å². The van der Waals surface area contributed by atoms with Gasteiger partial charge in [-0.05, 0) is 24.5 Å². The minimum absolute atomic E-state index is 0.0359. The molecule has 0 N–H and O–H groups in total. The van der Waals surface area contributed by atoms with Crippen LogP contribution in [-0.2, 0) is 6.18 Å². The van der Waals surface area contributed by atoms with Crippen LogP contribution in [0.25, 0.3) is 0 Å². The second-order valence-electron chi connectivity index (χ2n) is 3.06. The minimum Gasteiger partial charge on any atom is -0.493 e. The van der Waals surface area contributed by atoms with Gasteiger partial charge in [0.2, 0.25) is 0 Å². The van der Waals surface area contributed by atoms with Crippen LogP contribution in [0.5, 0.6) is 5.75 Å². The summed E-state index contributed by atoms with van der Waals surface area (Å²) < 4.78 is 42.5. The van der Waals surface area contributed by atoms with E-state index in [-0.39, 0.29) is 5.75 Å². The normalized spacial score (nSPS) is 15.9. The Morgan fingerprint density at radius 3 is 2.71 bits per heavy atom. The van der Waals surface area contributed by atoms with Crippen molar-refractivity contribution in [1.82, 2.24) is 0 Å². The number of rotatable bonds is 0. The van der Waals surface area contributed by atoms with Crippen LogP contribution in [0.1, 0.15) is 17.5 Å². The number of para-hydroxylation sites is 1. The number of fused-ring (bicyclic) bond motifs is 1. The SMILES string of the molecule is FC(F)(F)c1cccc2c1OCC[CH]2. The monoisotopic (exact) mass is 201 g/mol. The summed E-state index contributed by atoms with van der Waals surface area (Å²) in [6.45, 7) is 0.320. The molecule has 0 aliphatic carbocycles. The quantitative estimate of drug-likeness (QED) is 0.626. The summed E-state index contributed by atoms with van der Waals surface area (Å²) in [7, 11) is 0. The molecule has 14 heavy (non-hydrogen) atoms. The first-order chi connectivity index (χ1) is 6.59. The molecule has 0 unspecified atom stereocenters. The summed E-state index contributed by atoms with van der Waals surface area (Å²) in [5, 5.41) is 0. The van der Waals surface area contributed by atoms with Crippen molar-refractivity contribution < 1.29 is 17.9 Å². The molecule has 0 fully saturated rings. The van der Waals surface area contributed by atoms with Crippen molar-refractivity contribution in [2.24, 2.45) is 0 Å². The van der Waals surface area contributed by atoms with Gasteiger partial charge >= 0.3 is 6.18 Å². The lowest BCUT2D eigenvalue weighted by Gasteiger charge is -2.20. The highest BCUT2D eigenvalue weighted by atomic mass is 19.4. The molecule has 0 atom stereocenters. The summed E-state index contributed by atoms with van der Waals surface area (Å²) in [5.74, 6) is -0.0359. The fourth-order valence-corrected chi connectivity index (χ4v) is 1.48. The highest BCUT2D eigenvalue weighted by molar-refractivity contribution is 5.47. The molecule has 0 aromatic heterocycles. The molecule has 4 heteroatoms. The Morgan fingerprint density at radius 2 is 2.00 bits per heavy atom. The van der Waals surface area contributed by atoms with E-state index in [2.05, 4.69) is 0 Å². The Bertz CT molecular complexity index is 344. The lowest BCUT2D eigenvalue weighted by molar-refractivity contribution is -0.139. The second kappa shape index (κ2) is 3.19. The largest absolute Gasteiger partial charge is 0.493 e. The molecule has 75 valence electrons. The van der Waals surface area contributed by atoms with Gasteiger partial charge in [-0.3, -0.25) is 0 Å². The maximum atomic E-state index is 12.5. The lowest BCUT2D eigenvalue weighted by atomic mass is 10.0. The van der Waals surface area contributed by atoms with Crippen molar-refractivity contribution in [2.75, 3.05) is 6.61 Å². The van der Waals surface area contributed by atoms with Crippen molar-refractivity contribution in [2.45, 2.75) is 12.6 Å². The zero-order valence-electron chi connectivity index (χ0n) is 7.27. The third-order valence-electron chi connectivity index (χ3n) is 2.08. The lowest BCUT2D eigenvalue weighted by Crippen LogP contribution is -2.14. The molecule has 1 aromatic carbocycles. The van der Waals surface area contributed by atoms with Gasteiger partial charge in [-0.2, -0.15) is 13.2 Å². The third kappa shape index (κ3) is 1.56. The Morgan fingerprint density at radius 1 is 1.21 bits per heavy atom. The Labute approximate surface area is 79.5 Å². The number of ether oxygens (including phenoxy) is 1. The van der Waals surface area contributed by atoms with Gasteiger partial charge in [-0.15, -0.1) is 0 Å². The van der Waals surface area contributed by atoms with E-state index < -0.39 is 11.7 Å². The third-order valence-corrected chi connectivity index (χ3v) is 2.08. The Balaban J connectivity index is 2.51. The summed E-state index contributed by atoms with van der Waals surface area (Å²) >= 11 is 0. The van der Waals surface area contributed by atoms with Crippen molar-refractivity contribution in [1.29, 1.82) is 0 Å². The Kier molecular flexibility index (Phi) is 2.13. The van der Waals surface area contributed by atoms with Crippen molar-refractivity contribution in [3.8, 4) is 5.75 Å². The van der Waals surface area contributed by atoms with E-state index in [1.165, 1.54) is 6.07 Å². The molecule has 0 saturated heterocycles. The van der Waals surface area contributed by atoms with E-state index in [1.54, 1.807) is 12.5 Å². The van der Waals surface area contributed by atoms with Crippen molar-refractivity contribution >= 4 is 0 Å². The van der Waals surface area contributed by atoms with Crippen LogP contribution < -0.4 is 4.74 Å². The predicted molar refractivity (Wildman–Crippen MR) is 45.0 cm³/mol. The van der Waals surface area contributed by atoms with Crippen LogP contribution >= 0.6 is 0 Å². The van der Waals surface area contributed by atoms with E-state index in [0.717, 1.165) is 6.07 Å². The van der Waals surface area contributed by atoms with E-state index in [1.807, 2.05) is 0 Å². The van der Waals surface area contributed by atoms with E-state index in [4.69, 9.17) is 4.74 Å². The molecule has 0 spiro atoms. The molecule has 1 radical (unpaired) electrons. The number of halogens is 3. The fraction of sp³-hybridized carbons (Fsp3) is 0.300. The van der Waals surface area contributed by atoms with Gasteiger partial charge in [-0.25, -0.2) is 0 Å². The molecule has 2 rings (SSSR count). The zero-order valence-corrected chi connectivity index (χ0v) is 7.27. The molecule has 1 aromatic rings. The maximum absolute atomic E-state index is 12.5. The summed E-state index contributed by atoms with van der Waals surface area (Å²) in [6.07, 6.45) is -1.92. The smallest absolute Gasteiger partial charge is 0.419 e. The number of hydrogen-bond donors (Lipinski definition) is 0. The minimum atomic E-state index is -4.34.